The van der Waals surface area contributed by atoms with E-state index in [0.29, 0.717) is 18.2 Å². The third-order valence-electron chi connectivity index (χ3n) is 4.77. The molecule has 29 heavy (non-hydrogen) atoms. The van der Waals surface area contributed by atoms with Gasteiger partial charge in [0.15, 0.2) is 12.2 Å². The standard InChI is InChI=1S/C23H28N2O4/c1-2-3-4-5-12-20(23-25-19-11-6-7-13-21(19)29-23)24-15-17-9-8-10-18(14-17)28-16-22(26)27/h6-11,13-14,20,24H,2-5,12,15-16H2,1H3,(H,26,27). The van der Waals surface area contributed by atoms with E-state index < -0.39 is 5.97 Å². The number of carbonyl (C=O) groups is 1. The molecule has 0 aliphatic rings. The summed E-state index contributed by atoms with van der Waals surface area (Å²) in [7, 11) is 0. The number of benzene rings is 2. The van der Waals surface area contributed by atoms with Gasteiger partial charge in [-0.05, 0) is 36.2 Å². The average Bonchev–Trinajstić information content (AvgIpc) is 3.16. The van der Waals surface area contributed by atoms with Gasteiger partial charge >= 0.3 is 5.97 Å². The first-order valence-corrected chi connectivity index (χ1v) is 10.2. The average molecular weight is 396 g/mol. The number of carboxylic acid groups (broad SMARTS) is 1. The summed E-state index contributed by atoms with van der Waals surface area (Å²) in [5.41, 5.74) is 2.68. The SMILES string of the molecule is CCCCCCC(NCc1cccc(OCC(=O)O)c1)c1nc2ccccc2o1. The van der Waals surface area contributed by atoms with Gasteiger partial charge in [-0.2, -0.15) is 0 Å². The van der Waals surface area contributed by atoms with Crippen LogP contribution in [0.25, 0.3) is 11.1 Å². The maximum Gasteiger partial charge on any atom is 0.341 e. The minimum absolute atomic E-state index is 0.0165. The summed E-state index contributed by atoms with van der Waals surface area (Å²) < 4.78 is 11.3. The Labute approximate surface area is 170 Å². The van der Waals surface area contributed by atoms with E-state index >= 15 is 0 Å². The lowest BCUT2D eigenvalue weighted by molar-refractivity contribution is -0.139. The highest BCUT2D eigenvalue weighted by atomic mass is 16.5. The maximum atomic E-state index is 10.7. The number of nitrogens with one attached hydrogen (secondary N) is 1. The lowest BCUT2D eigenvalue weighted by Crippen LogP contribution is -2.21. The van der Waals surface area contributed by atoms with Gasteiger partial charge in [0.1, 0.15) is 11.3 Å². The van der Waals surface area contributed by atoms with E-state index in [1.807, 2.05) is 42.5 Å². The number of hydrogen-bond acceptors (Lipinski definition) is 5. The number of rotatable bonds is 12. The summed E-state index contributed by atoms with van der Waals surface area (Å²) in [6.07, 6.45) is 5.66. The van der Waals surface area contributed by atoms with Crippen molar-refractivity contribution in [2.45, 2.75) is 51.6 Å². The molecule has 6 heteroatoms. The van der Waals surface area contributed by atoms with Crippen molar-refractivity contribution in [1.29, 1.82) is 0 Å². The number of carboxylic acids is 1. The zero-order valence-corrected chi connectivity index (χ0v) is 16.8. The minimum atomic E-state index is -0.989. The topological polar surface area (TPSA) is 84.6 Å². The molecule has 1 unspecified atom stereocenters. The number of para-hydroxylation sites is 2. The van der Waals surface area contributed by atoms with E-state index in [1.165, 1.54) is 19.3 Å². The van der Waals surface area contributed by atoms with Crippen molar-refractivity contribution in [3.8, 4) is 5.75 Å². The van der Waals surface area contributed by atoms with Crippen LogP contribution in [0.4, 0.5) is 0 Å². The summed E-state index contributed by atoms with van der Waals surface area (Å²) in [6.45, 7) is 2.47. The molecular formula is C23H28N2O4. The van der Waals surface area contributed by atoms with Crippen molar-refractivity contribution >= 4 is 17.1 Å². The zero-order valence-electron chi connectivity index (χ0n) is 16.8. The first kappa shape index (κ1) is 20.9. The van der Waals surface area contributed by atoms with Gasteiger partial charge < -0.3 is 19.6 Å². The van der Waals surface area contributed by atoms with E-state index in [0.717, 1.165) is 29.5 Å². The largest absolute Gasteiger partial charge is 0.482 e. The van der Waals surface area contributed by atoms with E-state index in [2.05, 4.69) is 17.2 Å². The van der Waals surface area contributed by atoms with Gasteiger partial charge in [0, 0.05) is 6.54 Å². The minimum Gasteiger partial charge on any atom is -0.482 e. The summed E-state index contributed by atoms with van der Waals surface area (Å²) in [5, 5.41) is 12.3. The molecule has 0 fully saturated rings. The molecule has 0 saturated carbocycles. The lowest BCUT2D eigenvalue weighted by Gasteiger charge is -2.16. The summed E-state index contributed by atoms with van der Waals surface area (Å²) in [5.74, 6) is 0.269. The fraction of sp³-hybridized carbons (Fsp3) is 0.391. The van der Waals surface area contributed by atoms with Gasteiger partial charge in [0.05, 0.1) is 6.04 Å². The fourth-order valence-corrected chi connectivity index (χ4v) is 3.26. The number of aromatic nitrogens is 1. The predicted octanol–water partition coefficient (Wildman–Crippen LogP) is 5.09. The second-order valence-corrected chi connectivity index (χ2v) is 7.13. The third-order valence-corrected chi connectivity index (χ3v) is 4.77. The Morgan fingerprint density at radius 1 is 1.17 bits per heavy atom. The first-order chi connectivity index (χ1) is 14.2. The molecule has 2 aromatic carbocycles. The molecule has 3 aromatic rings. The molecule has 0 amide bonds. The van der Waals surface area contributed by atoms with Gasteiger partial charge in [-0.1, -0.05) is 56.9 Å². The van der Waals surface area contributed by atoms with Crippen LogP contribution < -0.4 is 10.1 Å². The molecule has 1 atom stereocenters. The van der Waals surface area contributed by atoms with Crippen molar-refractivity contribution in [3.63, 3.8) is 0 Å². The maximum absolute atomic E-state index is 10.7. The lowest BCUT2D eigenvalue weighted by atomic mass is 10.1. The Balaban J connectivity index is 1.68. The van der Waals surface area contributed by atoms with Gasteiger partial charge in [-0.15, -0.1) is 0 Å². The molecule has 1 heterocycles. The van der Waals surface area contributed by atoms with Crippen LogP contribution in [0.1, 0.15) is 56.5 Å². The van der Waals surface area contributed by atoms with E-state index in [-0.39, 0.29) is 12.6 Å². The number of ether oxygens (including phenoxy) is 1. The van der Waals surface area contributed by atoms with Gasteiger partial charge in [0.2, 0.25) is 5.89 Å². The van der Waals surface area contributed by atoms with Crippen LogP contribution in [0, 0.1) is 0 Å². The van der Waals surface area contributed by atoms with Crippen LogP contribution in [0.5, 0.6) is 5.75 Å². The molecule has 6 nitrogen and oxygen atoms in total. The second-order valence-electron chi connectivity index (χ2n) is 7.13. The molecule has 3 rings (SSSR count). The summed E-state index contributed by atoms with van der Waals surface area (Å²) in [4.78, 5) is 15.4. The number of nitrogens with zero attached hydrogens (tertiary/aromatic N) is 1. The first-order valence-electron chi connectivity index (χ1n) is 10.2. The number of fused-ring (bicyclic) bond motifs is 1. The molecule has 2 N–H and O–H groups in total. The molecule has 0 bridgehead atoms. The highest BCUT2D eigenvalue weighted by Gasteiger charge is 2.18. The molecule has 0 aliphatic heterocycles. The van der Waals surface area contributed by atoms with Crippen LogP contribution in [-0.4, -0.2) is 22.7 Å². The molecule has 154 valence electrons. The zero-order chi connectivity index (χ0) is 20.5. The Kier molecular flexibility index (Phi) is 7.64. The van der Waals surface area contributed by atoms with Crippen molar-refractivity contribution in [1.82, 2.24) is 10.3 Å². The van der Waals surface area contributed by atoms with Crippen molar-refractivity contribution in [3.05, 3.63) is 60.0 Å². The number of hydrogen-bond donors (Lipinski definition) is 2. The van der Waals surface area contributed by atoms with Crippen LogP contribution in [0.3, 0.4) is 0 Å². The number of unbranched alkanes of at least 4 members (excludes halogenated alkanes) is 3. The van der Waals surface area contributed by atoms with Crippen molar-refractivity contribution < 1.29 is 19.1 Å². The normalized spacial score (nSPS) is 12.2. The highest BCUT2D eigenvalue weighted by Crippen LogP contribution is 2.25. The Hall–Kier alpha value is -2.86. The van der Waals surface area contributed by atoms with Crippen LogP contribution in [-0.2, 0) is 11.3 Å². The smallest absolute Gasteiger partial charge is 0.341 e. The summed E-state index contributed by atoms with van der Waals surface area (Å²) in [6, 6.07) is 15.3. The molecule has 1 aromatic heterocycles. The molecular weight excluding hydrogens is 368 g/mol. The number of oxazole rings is 1. The van der Waals surface area contributed by atoms with E-state index in [4.69, 9.17) is 14.3 Å². The third kappa shape index (κ3) is 6.32. The quantitative estimate of drug-likeness (QED) is 0.415. The molecule has 0 saturated heterocycles. The van der Waals surface area contributed by atoms with Gasteiger partial charge in [-0.3, -0.25) is 0 Å². The predicted molar refractivity (Wildman–Crippen MR) is 112 cm³/mol. The molecule has 0 radical (unpaired) electrons. The Morgan fingerprint density at radius 2 is 2.03 bits per heavy atom. The monoisotopic (exact) mass is 396 g/mol. The summed E-state index contributed by atoms with van der Waals surface area (Å²) >= 11 is 0. The van der Waals surface area contributed by atoms with Crippen molar-refractivity contribution in [2.24, 2.45) is 0 Å². The highest BCUT2D eigenvalue weighted by molar-refractivity contribution is 5.72. The van der Waals surface area contributed by atoms with E-state index in [9.17, 15) is 4.79 Å². The van der Waals surface area contributed by atoms with Gasteiger partial charge in [0.25, 0.3) is 0 Å². The molecule has 0 aliphatic carbocycles. The second kappa shape index (κ2) is 10.6. The molecule has 0 spiro atoms. The van der Waals surface area contributed by atoms with Crippen molar-refractivity contribution in [2.75, 3.05) is 6.61 Å². The Bertz CT molecular complexity index is 889. The van der Waals surface area contributed by atoms with Crippen LogP contribution >= 0.6 is 0 Å². The van der Waals surface area contributed by atoms with Crippen LogP contribution in [0.2, 0.25) is 0 Å². The fourth-order valence-electron chi connectivity index (χ4n) is 3.26. The van der Waals surface area contributed by atoms with Gasteiger partial charge in [-0.25, -0.2) is 9.78 Å². The van der Waals surface area contributed by atoms with Crippen LogP contribution in [0.15, 0.2) is 52.9 Å². The van der Waals surface area contributed by atoms with E-state index in [1.54, 1.807) is 6.07 Å². The Morgan fingerprint density at radius 3 is 2.83 bits per heavy atom. The number of aliphatic carboxylic acids is 1.